The number of hydrogen-bond acceptors (Lipinski definition) is 2. The predicted molar refractivity (Wildman–Crippen MR) is 72.9 cm³/mol. The van der Waals surface area contributed by atoms with Crippen LogP contribution >= 0.6 is 15.9 Å². The van der Waals surface area contributed by atoms with Crippen molar-refractivity contribution in [3.63, 3.8) is 0 Å². The summed E-state index contributed by atoms with van der Waals surface area (Å²) >= 11 is 3.02. The third kappa shape index (κ3) is 2.79. The Kier molecular flexibility index (Phi) is 3.52. The summed E-state index contributed by atoms with van der Waals surface area (Å²) in [6, 6.07) is 7.49. The van der Waals surface area contributed by atoms with Gasteiger partial charge in [0.05, 0.1) is 10.2 Å². The van der Waals surface area contributed by atoms with Crippen LogP contribution in [-0.2, 0) is 0 Å². The second-order valence-electron chi connectivity index (χ2n) is 4.00. The Morgan fingerprint density at radius 3 is 2.44 bits per heavy atom. The molecule has 0 aliphatic rings. The molecule has 2 aromatic carbocycles. The first-order valence-corrected chi connectivity index (χ1v) is 6.04. The van der Waals surface area contributed by atoms with E-state index in [0.717, 1.165) is 11.6 Å². The summed E-state index contributed by atoms with van der Waals surface area (Å²) in [4.78, 5) is 0. The minimum absolute atomic E-state index is 0.188. The lowest BCUT2D eigenvalue weighted by atomic mass is 10.2. The number of nitrogens with two attached hydrogens (primary N) is 1. The first-order chi connectivity index (χ1) is 8.45. The van der Waals surface area contributed by atoms with E-state index in [1.54, 1.807) is 6.07 Å². The third-order valence-electron chi connectivity index (χ3n) is 2.39. The second-order valence-corrected chi connectivity index (χ2v) is 4.86. The van der Waals surface area contributed by atoms with Gasteiger partial charge in [-0.3, -0.25) is 0 Å². The van der Waals surface area contributed by atoms with Crippen molar-refractivity contribution in [2.75, 3.05) is 11.1 Å². The lowest BCUT2D eigenvalue weighted by molar-refractivity contribution is 0.581. The fraction of sp³-hybridized carbons (Fsp3) is 0.0769. The van der Waals surface area contributed by atoms with Crippen molar-refractivity contribution in [2.45, 2.75) is 6.92 Å². The predicted octanol–water partition coefficient (Wildman–Crippen LogP) is 4.36. The van der Waals surface area contributed by atoms with Gasteiger partial charge in [0, 0.05) is 17.4 Å². The van der Waals surface area contributed by atoms with Gasteiger partial charge in [0.25, 0.3) is 0 Å². The maximum Gasteiger partial charge on any atom is 0.149 e. The number of benzene rings is 2. The van der Waals surface area contributed by atoms with Gasteiger partial charge in [0.15, 0.2) is 0 Å². The molecule has 0 saturated heterocycles. The lowest BCUT2D eigenvalue weighted by Crippen LogP contribution is -1.97. The zero-order chi connectivity index (χ0) is 13.3. The fourth-order valence-electron chi connectivity index (χ4n) is 1.66. The molecule has 0 heterocycles. The smallest absolute Gasteiger partial charge is 0.149 e. The molecule has 0 atom stereocenters. The van der Waals surface area contributed by atoms with Crippen molar-refractivity contribution in [2.24, 2.45) is 0 Å². The van der Waals surface area contributed by atoms with Crippen LogP contribution < -0.4 is 11.1 Å². The van der Waals surface area contributed by atoms with Crippen LogP contribution in [0.5, 0.6) is 0 Å². The number of aryl methyl sites for hydroxylation is 1. The van der Waals surface area contributed by atoms with Gasteiger partial charge in [-0.25, -0.2) is 8.78 Å². The summed E-state index contributed by atoms with van der Waals surface area (Å²) in [5, 5.41) is 2.87. The molecular formula is C13H11BrF2N2. The summed E-state index contributed by atoms with van der Waals surface area (Å²) in [7, 11) is 0. The van der Waals surface area contributed by atoms with E-state index in [0.29, 0.717) is 11.4 Å². The SMILES string of the molecule is Cc1cc(N)cc(Nc2cc(Br)c(F)cc2F)c1. The van der Waals surface area contributed by atoms with Gasteiger partial charge in [-0.1, -0.05) is 0 Å². The van der Waals surface area contributed by atoms with Crippen molar-refractivity contribution in [1.82, 2.24) is 0 Å². The van der Waals surface area contributed by atoms with Gasteiger partial charge < -0.3 is 11.1 Å². The Morgan fingerprint density at radius 2 is 1.78 bits per heavy atom. The molecule has 0 aromatic heterocycles. The molecule has 18 heavy (non-hydrogen) atoms. The molecule has 0 amide bonds. The second kappa shape index (κ2) is 4.94. The molecule has 5 heteroatoms. The van der Waals surface area contributed by atoms with Crippen LogP contribution in [0.15, 0.2) is 34.8 Å². The van der Waals surface area contributed by atoms with Crippen LogP contribution in [0.3, 0.4) is 0 Å². The molecular weight excluding hydrogens is 302 g/mol. The summed E-state index contributed by atoms with van der Waals surface area (Å²) in [6.07, 6.45) is 0. The molecule has 0 saturated carbocycles. The van der Waals surface area contributed by atoms with Crippen molar-refractivity contribution < 1.29 is 8.78 Å². The van der Waals surface area contributed by atoms with E-state index < -0.39 is 11.6 Å². The zero-order valence-corrected chi connectivity index (χ0v) is 11.2. The van der Waals surface area contributed by atoms with Crippen LogP contribution in [0, 0.1) is 18.6 Å². The van der Waals surface area contributed by atoms with Crippen LogP contribution in [-0.4, -0.2) is 0 Å². The van der Waals surface area contributed by atoms with E-state index >= 15 is 0 Å². The average molecular weight is 313 g/mol. The first-order valence-electron chi connectivity index (χ1n) is 5.24. The quantitative estimate of drug-likeness (QED) is 0.638. The number of hydrogen-bond donors (Lipinski definition) is 2. The van der Waals surface area contributed by atoms with Crippen molar-refractivity contribution in [1.29, 1.82) is 0 Å². The molecule has 0 spiro atoms. The van der Waals surface area contributed by atoms with E-state index in [-0.39, 0.29) is 10.2 Å². The molecule has 0 unspecified atom stereocenters. The number of anilines is 3. The monoisotopic (exact) mass is 312 g/mol. The molecule has 2 nitrogen and oxygen atoms in total. The molecule has 2 aromatic rings. The summed E-state index contributed by atoms with van der Waals surface area (Å²) < 4.78 is 26.9. The number of nitrogen functional groups attached to an aromatic ring is 1. The van der Waals surface area contributed by atoms with Crippen LogP contribution in [0.4, 0.5) is 25.8 Å². The maximum absolute atomic E-state index is 13.6. The Labute approximate surface area is 112 Å². The van der Waals surface area contributed by atoms with E-state index in [4.69, 9.17) is 5.73 Å². The standard InChI is InChI=1S/C13H11BrF2N2/c1-7-2-8(17)4-9(3-7)18-13-5-10(14)11(15)6-12(13)16/h2-6,18H,17H2,1H3. The minimum atomic E-state index is -0.657. The van der Waals surface area contributed by atoms with Gasteiger partial charge in [0.2, 0.25) is 0 Å². The molecule has 0 bridgehead atoms. The minimum Gasteiger partial charge on any atom is -0.399 e. The largest absolute Gasteiger partial charge is 0.399 e. The highest BCUT2D eigenvalue weighted by atomic mass is 79.9. The summed E-state index contributed by atoms with van der Waals surface area (Å²) in [6.45, 7) is 1.89. The normalized spacial score (nSPS) is 10.4. The van der Waals surface area contributed by atoms with Crippen molar-refractivity contribution in [3.05, 3.63) is 52.0 Å². The third-order valence-corrected chi connectivity index (χ3v) is 3.00. The van der Waals surface area contributed by atoms with Crippen molar-refractivity contribution in [3.8, 4) is 0 Å². The summed E-state index contributed by atoms with van der Waals surface area (Å²) in [5.41, 5.74) is 8.09. The molecule has 0 aliphatic heterocycles. The highest BCUT2D eigenvalue weighted by Gasteiger charge is 2.08. The van der Waals surface area contributed by atoms with E-state index in [2.05, 4.69) is 21.2 Å². The lowest BCUT2D eigenvalue weighted by Gasteiger charge is -2.10. The first kappa shape index (κ1) is 12.8. The molecule has 0 aliphatic carbocycles. The fourth-order valence-corrected chi connectivity index (χ4v) is 2.00. The Balaban J connectivity index is 2.36. The summed E-state index contributed by atoms with van der Waals surface area (Å²) in [5.74, 6) is -1.29. The van der Waals surface area contributed by atoms with Gasteiger partial charge in [-0.2, -0.15) is 0 Å². The Bertz CT molecular complexity index is 580. The van der Waals surface area contributed by atoms with Gasteiger partial charge in [0.1, 0.15) is 11.6 Å². The Morgan fingerprint density at radius 1 is 1.06 bits per heavy atom. The highest BCUT2D eigenvalue weighted by molar-refractivity contribution is 9.10. The van der Waals surface area contributed by atoms with Crippen LogP contribution in [0.1, 0.15) is 5.56 Å². The van der Waals surface area contributed by atoms with E-state index in [9.17, 15) is 8.78 Å². The van der Waals surface area contributed by atoms with Crippen molar-refractivity contribution >= 4 is 33.0 Å². The average Bonchev–Trinajstić information content (AvgIpc) is 2.24. The maximum atomic E-state index is 13.6. The highest BCUT2D eigenvalue weighted by Crippen LogP contribution is 2.27. The van der Waals surface area contributed by atoms with Gasteiger partial charge >= 0.3 is 0 Å². The topological polar surface area (TPSA) is 38.0 Å². The number of nitrogens with one attached hydrogen (secondary N) is 1. The van der Waals surface area contributed by atoms with Gasteiger partial charge in [-0.05, 0) is 52.7 Å². The number of halogens is 3. The molecule has 2 rings (SSSR count). The van der Waals surface area contributed by atoms with Gasteiger partial charge in [-0.15, -0.1) is 0 Å². The molecule has 0 fully saturated rings. The molecule has 94 valence electrons. The Hall–Kier alpha value is -1.62. The van der Waals surface area contributed by atoms with E-state index in [1.807, 2.05) is 19.1 Å². The van der Waals surface area contributed by atoms with Crippen LogP contribution in [0.25, 0.3) is 0 Å². The zero-order valence-electron chi connectivity index (χ0n) is 9.60. The van der Waals surface area contributed by atoms with E-state index in [1.165, 1.54) is 6.07 Å². The molecule has 3 N–H and O–H groups in total. The molecule has 0 radical (unpaired) electrons. The van der Waals surface area contributed by atoms with Crippen LogP contribution in [0.2, 0.25) is 0 Å². The number of rotatable bonds is 2.